The maximum Gasteiger partial charge on any atom is 0.416 e. The minimum atomic E-state index is -4.51. The van der Waals surface area contributed by atoms with Crippen LogP contribution < -0.4 is 10.2 Å². The number of nitrogens with zero attached hydrogens (tertiary/aromatic N) is 1. The maximum atomic E-state index is 12.8. The number of aryl methyl sites for hydroxylation is 2. The Hall–Kier alpha value is -2.83. The first-order chi connectivity index (χ1) is 12.6. The van der Waals surface area contributed by atoms with E-state index in [0.717, 1.165) is 28.9 Å². The molecule has 1 saturated heterocycles. The highest BCUT2D eigenvalue weighted by Gasteiger charge is 2.33. The molecule has 142 valence electrons. The Balaban J connectivity index is 1.71. The molecule has 0 radical (unpaired) electrons. The number of hydrogen-bond donors (Lipinski definition) is 1. The average Bonchev–Trinajstić information content (AvgIpc) is 2.97. The van der Waals surface area contributed by atoms with Crippen molar-refractivity contribution >= 4 is 17.5 Å². The van der Waals surface area contributed by atoms with Crippen molar-refractivity contribution in [3.8, 4) is 0 Å². The molecule has 3 rings (SSSR count). The summed E-state index contributed by atoms with van der Waals surface area (Å²) in [5, 5.41) is 2.66. The zero-order valence-corrected chi connectivity index (χ0v) is 14.9. The van der Waals surface area contributed by atoms with Crippen LogP contribution in [-0.4, -0.2) is 24.4 Å². The Kier molecular flexibility index (Phi) is 4.95. The molecule has 0 aromatic heterocycles. The number of carbonyl (C=O) groups excluding carboxylic acids is 2. The van der Waals surface area contributed by atoms with E-state index in [-0.39, 0.29) is 24.4 Å². The summed E-state index contributed by atoms with van der Waals surface area (Å²) in [5.74, 6) is -0.756. The van der Waals surface area contributed by atoms with Gasteiger partial charge in [0.2, 0.25) is 5.91 Å². The van der Waals surface area contributed by atoms with Crippen LogP contribution in [0.25, 0.3) is 0 Å². The van der Waals surface area contributed by atoms with E-state index in [1.165, 1.54) is 12.1 Å². The standard InChI is InChI=1S/C20H19F3N2O2/c1-12-6-7-17(8-13(12)2)25-11-16(10-18(25)26)24-19(27)14-4-3-5-15(9-14)20(21,22)23/h3-9,16H,10-11H2,1-2H3,(H,24,27)/t16-/m0/s1. The summed E-state index contributed by atoms with van der Waals surface area (Å²) in [6.45, 7) is 4.21. The monoisotopic (exact) mass is 376 g/mol. The number of carbonyl (C=O) groups is 2. The van der Waals surface area contributed by atoms with Gasteiger partial charge in [-0.3, -0.25) is 9.59 Å². The van der Waals surface area contributed by atoms with Gasteiger partial charge in [0.05, 0.1) is 11.6 Å². The summed E-state index contributed by atoms with van der Waals surface area (Å²) < 4.78 is 38.4. The molecule has 2 aromatic carbocycles. The molecule has 1 heterocycles. The Bertz CT molecular complexity index is 893. The second-order valence-corrected chi connectivity index (χ2v) is 6.73. The van der Waals surface area contributed by atoms with Crippen LogP contribution in [0.1, 0.15) is 33.5 Å². The van der Waals surface area contributed by atoms with E-state index in [1.807, 2.05) is 32.0 Å². The zero-order chi connectivity index (χ0) is 19.8. The van der Waals surface area contributed by atoms with Crippen LogP contribution >= 0.6 is 0 Å². The maximum absolute atomic E-state index is 12.8. The van der Waals surface area contributed by atoms with Crippen LogP contribution in [0.4, 0.5) is 18.9 Å². The number of alkyl halides is 3. The quantitative estimate of drug-likeness (QED) is 0.884. The number of anilines is 1. The molecular formula is C20H19F3N2O2. The van der Waals surface area contributed by atoms with Gasteiger partial charge >= 0.3 is 6.18 Å². The third-order valence-corrected chi connectivity index (χ3v) is 4.71. The lowest BCUT2D eigenvalue weighted by molar-refractivity contribution is -0.137. The fourth-order valence-electron chi connectivity index (χ4n) is 3.05. The van der Waals surface area contributed by atoms with E-state index in [2.05, 4.69) is 5.32 Å². The molecule has 27 heavy (non-hydrogen) atoms. The first-order valence-electron chi connectivity index (χ1n) is 8.51. The molecule has 0 aliphatic carbocycles. The molecule has 0 bridgehead atoms. The lowest BCUT2D eigenvalue weighted by atomic mass is 10.1. The summed E-state index contributed by atoms with van der Waals surface area (Å²) in [7, 11) is 0. The summed E-state index contributed by atoms with van der Waals surface area (Å²) in [6, 6.07) is 9.46. The van der Waals surface area contributed by atoms with Crippen molar-refractivity contribution in [2.45, 2.75) is 32.5 Å². The molecular weight excluding hydrogens is 357 g/mol. The zero-order valence-electron chi connectivity index (χ0n) is 14.9. The number of halogens is 3. The van der Waals surface area contributed by atoms with Gasteiger partial charge < -0.3 is 10.2 Å². The number of benzene rings is 2. The SMILES string of the molecule is Cc1ccc(N2C[C@@H](NC(=O)c3cccc(C(F)(F)F)c3)CC2=O)cc1C. The van der Waals surface area contributed by atoms with Crippen LogP contribution in [0.2, 0.25) is 0 Å². The minimum Gasteiger partial charge on any atom is -0.347 e. The van der Waals surface area contributed by atoms with Crippen molar-refractivity contribution in [2.75, 3.05) is 11.4 Å². The molecule has 1 atom stereocenters. The minimum absolute atomic E-state index is 0.0816. The lowest BCUT2D eigenvalue weighted by Gasteiger charge is -2.18. The smallest absolute Gasteiger partial charge is 0.347 e. The molecule has 0 spiro atoms. The Labute approximate surface area is 155 Å². The first-order valence-corrected chi connectivity index (χ1v) is 8.51. The van der Waals surface area contributed by atoms with Gasteiger partial charge in [0.1, 0.15) is 0 Å². The first kappa shape index (κ1) is 18.9. The summed E-state index contributed by atoms with van der Waals surface area (Å²) in [5.41, 5.74) is 1.95. The van der Waals surface area contributed by atoms with E-state index in [4.69, 9.17) is 0 Å². The van der Waals surface area contributed by atoms with Gasteiger partial charge in [0.15, 0.2) is 0 Å². The van der Waals surface area contributed by atoms with Gasteiger partial charge in [-0.15, -0.1) is 0 Å². The number of rotatable bonds is 3. The third kappa shape index (κ3) is 4.13. The number of amides is 2. The van der Waals surface area contributed by atoms with Crippen LogP contribution in [-0.2, 0) is 11.0 Å². The van der Waals surface area contributed by atoms with Crippen LogP contribution in [0.15, 0.2) is 42.5 Å². The number of hydrogen-bond acceptors (Lipinski definition) is 2. The van der Waals surface area contributed by atoms with Crippen LogP contribution in [0, 0.1) is 13.8 Å². The molecule has 1 aliphatic rings. The average molecular weight is 376 g/mol. The second kappa shape index (κ2) is 7.06. The van der Waals surface area contributed by atoms with Crippen LogP contribution in [0.5, 0.6) is 0 Å². The summed E-state index contributed by atoms with van der Waals surface area (Å²) in [4.78, 5) is 26.2. The topological polar surface area (TPSA) is 49.4 Å². The molecule has 1 N–H and O–H groups in total. The second-order valence-electron chi connectivity index (χ2n) is 6.73. The van der Waals surface area contributed by atoms with Crippen molar-refractivity contribution < 1.29 is 22.8 Å². The summed E-state index contributed by atoms with van der Waals surface area (Å²) >= 11 is 0. The molecule has 0 unspecified atom stereocenters. The van der Waals surface area contributed by atoms with E-state index < -0.39 is 23.7 Å². The molecule has 1 fully saturated rings. The van der Waals surface area contributed by atoms with E-state index in [1.54, 1.807) is 4.90 Å². The van der Waals surface area contributed by atoms with Crippen molar-refractivity contribution in [3.05, 3.63) is 64.7 Å². The Morgan fingerprint density at radius 1 is 1.11 bits per heavy atom. The fourth-order valence-corrected chi connectivity index (χ4v) is 3.05. The predicted octanol–water partition coefficient (Wildman–Crippen LogP) is 3.86. The fraction of sp³-hybridized carbons (Fsp3) is 0.300. The van der Waals surface area contributed by atoms with Gasteiger partial charge in [-0.05, 0) is 55.3 Å². The normalized spacial score (nSPS) is 17.3. The molecule has 4 nitrogen and oxygen atoms in total. The van der Waals surface area contributed by atoms with Gasteiger partial charge in [-0.1, -0.05) is 12.1 Å². The van der Waals surface area contributed by atoms with E-state index in [9.17, 15) is 22.8 Å². The highest BCUT2D eigenvalue weighted by Crippen LogP contribution is 2.29. The van der Waals surface area contributed by atoms with E-state index >= 15 is 0 Å². The van der Waals surface area contributed by atoms with Crippen molar-refractivity contribution in [1.29, 1.82) is 0 Å². The van der Waals surface area contributed by atoms with E-state index in [0.29, 0.717) is 0 Å². The number of nitrogens with one attached hydrogen (secondary N) is 1. The third-order valence-electron chi connectivity index (χ3n) is 4.71. The molecule has 2 aromatic rings. The van der Waals surface area contributed by atoms with Crippen molar-refractivity contribution in [3.63, 3.8) is 0 Å². The van der Waals surface area contributed by atoms with Gasteiger partial charge in [-0.2, -0.15) is 13.2 Å². The van der Waals surface area contributed by atoms with Crippen molar-refractivity contribution in [2.24, 2.45) is 0 Å². The largest absolute Gasteiger partial charge is 0.416 e. The van der Waals surface area contributed by atoms with Crippen molar-refractivity contribution in [1.82, 2.24) is 5.32 Å². The lowest BCUT2D eigenvalue weighted by Crippen LogP contribution is -2.37. The highest BCUT2D eigenvalue weighted by atomic mass is 19.4. The Morgan fingerprint density at radius 2 is 1.85 bits per heavy atom. The molecule has 1 aliphatic heterocycles. The van der Waals surface area contributed by atoms with Gasteiger partial charge in [0.25, 0.3) is 5.91 Å². The predicted molar refractivity (Wildman–Crippen MR) is 95.6 cm³/mol. The molecule has 0 saturated carbocycles. The van der Waals surface area contributed by atoms with Gasteiger partial charge in [0, 0.05) is 24.2 Å². The summed E-state index contributed by atoms with van der Waals surface area (Å²) in [6.07, 6.45) is -4.41. The molecule has 7 heteroatoms. The van der Waals surface area contributed by atoms with Crippen LogP contribution in [0.3, 0.4) is 0 Å². The Morgan fingerprint density at radius 3 is 2.52 bits per heavy atom. The highest BCUT2D eigenvalue weighted by molar-refractivity contribution is 5.99. The van der Waals surface area contributed by atoms with Gasteiger partial charge in [-0.25, -0.2) is 0 Å². The molecule has 2 amide bonds.